The van der Waals surface area contributed by atoms with Gasteiger partial charge in [-0.25, -0.2) is 4.98 Å². The van der Waals surface area contributed by atoms with Crippen LogP contribution in [0.25, 0.3) is 11.3 Å². The summed E-state index contributed by atoms with van der Waals surface area (Å²) in [7, 11) is 1.74. The summed E-state index contributed by atoms with van der Waals surface area (Å²) in [6.07, 6.45) is 2.69. The third-order valence-electron chi connectivity index (χ3n) is 6.55. The molecule has 0 spiro atoms. The highest BCUT2D eigenvalue weighted by Crippen LogP contribution is 2.30. The van der Waals surface area contributed by atoms with Crippen LogP contribution in [0.4, 0.5) is 11.8 Å². The number of nitrogens with one attached hydrogen (secondary N) is 1. The van der Waals surface area contributed by atoms with Crippen LogP contribution in [0.2, 0.25) is 0 Å². The monoisotopic (exact) mass is 446 g/mol. The average molecular weight is 447 g/mol. The second-order valence-corrected chi connectivity index (χ2v) is 8.72. The number of ether oxygens (including phenoxy) is 1. The lowest BCUT2D eigenvalue weighted by molar-refractivity contribution is -0.129. The van der Waals surface area contributed by atoms with Crippen LogP contribution in [0.5, 0.6) is 0 Å². The van der Waals surface area contributed by atoms with Gasteiger partial charge in [-0.05, 0) is 18.4 Å². The molecular formula is C25H30N6O2. The summed E-state index contributed by atoms with van der Waals surface area (Å²) in [6.45, 7) is 5.40. The van der Waals surface area contributed by atoms with Crippen LogP contribution in [-0.2, 0) is 9.53 Å². The maximum atomic E-state index is 12.2. The van der Waals surface area contributed by atoms with Gasteiger partial charge in [-0.15, -0.1) is 0 Å². The third-order valence-corrected chi connectivity index (χ3v) is 6.55. The van der Waals surface area contributed by atoms with Gasteiger partial charge in [0.2, 0.25) is 11.9 Å². The van der Waals surface area contributed by atoms with E-state index in [4.69, 9.17) is 19.7 Å². The number of hydrogen-bond donors (Lipinski definition) is 1. The van der Waals surface area contributed by atoms with E-state index in [-0.39, 0.29) is 11.9 Å². The van der Waals surface area contributed by atoms with Gasteiger partial charge >= 0.3 is 0 Å². The highest BCUT2D eigenvalue weighted by Gasteiger charge is 2.32. The first-order valence-electron chi connectivity index (χ1n) is 11.7. The molecule has 1 amide bonds. The number of amidine groups is 1. The lowest BCUT2D eigenvalue weighted by Crippen LogP contribution is -2.34. The predicted octanol–water partition coefficient (Wildman–Crippen LogP) is 3.13. The van der Waals surface area contributed by atoms with E-state index >= 15 is 0 Å². The fourth-order valence-corrected chi connectivity index (χ4v) is 4.83. The first kappa shape index (κ1) is 21.6. The molecule has 0 saturated carbocycles. The molecule has 1 saturated heterocycles. The van der Waals surface area contributed by atoms with Gasteiger partial charge < -0.3 is 19.9 Å². The molecule has 1 aromatic heterocycles. The SMILES string of the molecule is CCC(=O)N1CC2=C(C1)C(Nc1cc(-c3ccccc3)nc(N3CCC[C@H]3COC)n1)=NC2. The summed E-state index contributed by atoms with van der Waals surface area (Å²) in [5.74, 6) is 2.42. The van der Waals surface area contributed by atoms with Gasteiger partial charge in [-0.2, -0.15) is 4.98 Å². The summed E-state index contributed by atoms with van der Waals surface area (Å²) in [4.78, 5) is 30.9. The zero-order chi connectivity index (χ0) is 22.8. The third kappa shape index (κ3) is 4.35. The first-order valence-corrected chi connectivity index (χ1v) is 11.7. The Morgan fingerprint density at radius 3 is 2.85 bits per heavy atom. The van der Waals surface area contributed by atoms with E-state index in [9.17, 15) is 4.79 Å². The topological polar surface area (TPSA) is 83.0 Å². The molecule has 33 heavy (non-hydrogen) atoms. The number of carbonyl (C=O) groups is 1. The van der Waals surface area contributed by atoms with Crippen molar-refractivity contribution in [1.29, 1.82) is 0 Å². The summed E-state index contributed by atoms with van der Waals surface area (Å²) in [5.41, 5.74) is 4.25. The van der Waals surface area contributed by atoms with Gasteiger partial charge in [0.25, 0.3) is 0 Å². The highest BCUT2D eigenvalue weighted by molar-refractivity contribution is 6.11. The Bertz CT molecular complexity index is 1100. The normalized spacial score (nSPS) is 19.8. The summed E-state index contributed by atoms with van der Waals surface area (Å²) in [6, 6.07) is 12.4. The van der Waals surface area contributed by atoms with E-state index in [0.717, 1.165) is 47.9 Å². The van der Waals surface area contributed by atoms with Gasteiger partial charge in [0, 0.05) is 50.4 Å². The van der Waals surface area contributed by atoms with Gasteiger partial charge in [-0.1, -0.05) is 37.3 Å². The Morgan fingerprint density at radius 1 is 1.21 bits per heavy atom. The zero-order valence-corrected chi connectivity index (χ0v) is 19.3. The molecule has 0 aliphatic carbocycles. The summed E-state index contributed by atoms with van der Waals surface area (Å²) < 4.78 is 5.45. The van der Waals surface area contributed by atoms with E-state index in [2.05, 4.69) is 22.3 Å². The number of aliphatic imine (C=N–C) groups is 1. The number of methoxy groups -OCH3 is 1. The van der Waals surface area contributed by atoms with Crippen molar-refractivity contribution in [2.45, 2.75) is 32.2 Å². The van der Waals surface area contributed by atoms with Crippen molar-refractivity contribution in [1.82, 2.24) is 14.9 Å². The van der Waals surface area contributed by atoms with Gasteiger partial charge in [0.05, 0.1) is 24.9 Å². The van der Waals surface area contributed by atoms with Crippen LogP contribution in [0.15, 0.2) is 52.5 Å². The number of aromatic nitrogens is 2. The molecule has 1 atom stereocenters. The molecule has 2 aromatic rings. The Morgan fingerprint density at radius 2 is 2.06 bits per heavy atom. The van der Waals surface area contributed by atoms with Crippen LogP contribution in [0, 0.1) is 0 Å². The predicted molar refractivity (Wildman–Crippen MR) is 130 cm³/mol. The molecule has 8 heteroatoms. The smallest absolute Gasteiger partial charge is 0.228 e. The molecule has 4 heterocycles. The second-order valence-electron chi connectivity index (χ2n) is 8.72. The fourth-order valence-electron chi connectivity index (χ4n) is 4.83. The molecule has 0 bridgehead atoms. The number of hydrogen-bond acceptors (Lipinski definition) is 7. The Kier molecular flexibility index (Phi) is 6.09. The molecule has 1 N–H and O–H groups in total. The lowest BCUT2D eigenvalue weighted by atomic mass is 10.1. The molecule has 3 aliphatic rings. The van der Waals surface area contributed by atoms with Crippen molar-refractivity contribution < 1.29 is 9.53 Å². The van der Waals surface area contributed by atoms with Crippen molar-refractivity contribution in [2.75, 3.05) is 50.1 Å². The molecule has 1 aromatic carbocycles. The Labute approximate surface area is 194 Å². The number of amides is 1. The number of rotatable bonds is 6. The minimum Gasteiger partial charge on any atom is -0.383 e. The van der Waals surface area contributed by atoms with Crippen molar-refractivity contribution in [3.8, 4) is 11.3 Å². The summed E-state index contributed by atoms with van der Waals surface area (Å²) in [5, 5.41) is 3.46. The highest BCUT2D eigenvalue weighted by atomic mass is 16.5. The van der Waals surface area contributed by atoms with Gasteiger partial charge in [0.15, 0.2) is 0 Å². The molecule has 172 valence electrons. The van der Waals surface area contributed by atoms with Crippen molar-refractivity contribution >= 4 is 23.5 Å². The molecule has 3 aliphatic heterocycles. The number of anilines is 2. The lowest BCUT2D eigenvalue weighted by Gasteiger charge is -2.25. The molecule has 8 nitrogen and oxygen atoms in total. The largest absolute Gasteiger partial charge is 0.383 e. The van der Waals surface area contributed by atoms with Crippen LogP contribution >= 0.6 is 0 Å². The number of carbonyl (C=O) groups excluding carboxylic acids is 1. The minimum absolute atomic E-state index is 0.178. The quantitative estimate of drug-likeness (QED) is 0.734. The van der Waals surface area contributed by atoms with E-state index in [0.29, 0.717) is 38.6 Å². The van der Waals surface area contributed by atoms with Crippen molar-refractivity contribution in [2.24, 2.45) is 4.99 Å². The van der Waals surface area contributed by atoms with Gasteiger partial charge in [0.1, 0.15) is 11.7 Å². The van der Waals surface area contributed by atoms with Gasteiger partial charge in [-0.3, -0.25) is 9.79 Å². The van der Waals surface area contributed by atoms with Crippen LogP contribution in [0.1, 0.15) is 26.2 Å². The standard InChI is InChI=1S/C25H30N6O2/c1-3-23(32)30-14-18-13-26-24(20(18)15-30)28-22-12-21(17-8-5-4-6-9-17)27-25(29-22)31-11-7-10-19(31)16-33-2/h4-6,8-9,12,19H,3,7,10-11,13-16H2,1-2H3,(H,26,27,28,29)/t19-/m0/s1. The van der Waals surface area contributed by atoms with E-state index in [1.807, 2.05) is 36.1 Å². The zero-order valence-electron chi connectivity index (χ0n) is 19.3. The molecule has 0 radical (unpaired) electrons. The Balaban J connectivity index is 1.44. The van der Waals surface area contributed by atoms with Crippen LogP contribution < -0.4 is 10.2 Å². The molecular weight excluding hydrogens is 416 g/mol. The minimum atomic E-state index is 0.178. The fraction of sp³-hybridized carbons (Fsp3) is 0.440. The molecule has 5 rings (SSSR count). The van der Waals surface area contributed by atoms with Crippen LogP contribution in [0.3, 0.4) is 0 Å². The Hall–Kier alpha value is -3.26. The first-order chi connectivity index (χ1) is 16.2. The number of nitrogens with zero attached hydrogens (tertiary/aromatic N) is 5. The van der Waals surface area contributed by atoms with E-state index < -0.39 is 0 Å². The average Bonchev–Trinajstić information content (AvgIpc) is 3.57. The maximum absolute atomic E-state index is 12.2. The van der Waals surface area contributed by atoms with Crippen molar-refractivity contribution in [3.63, 3.8) is 0 Å². The molecule has 0 unspecified atom stereocenters. The molecule has 1 fully saturated rings. The second kappa shape index (κ2) is 9.31. The maximum Gasteiger partial charge on any atom is 0.228 e. The van der Waals surface area contributed by atoms with Crippen molar-refractivity contribution in [3.05, 3.63) is 47.5 Å². The number of benzene rings is 1. The summed E-state index contributed by atoms with van der Waals surface area (Å²) >= 11 is 0. The van der Waals surface area contributed by atoms with Crippen LogP contribution in [-0.4, -0.2) is 72.5 Å². The van der Waals surface area contributed by atoms with E-state index in [1.54, 1.807) is 7.11 Å². The van der Waals surface area contributed by atoms with E-state index in [1.165, 1.54) is 5.57 Å².